The number of rotatable bonds is 8. The highest BCUT2D eigenvalue weighted by atomic mass is 35.5. The second-order valence-corrected chi connectivity index (χ2v) is 7.13. The van der Waals surface area contributed by atoms with Crippen molar-refractivity contribution in [2.45, 2.75) is 6.18 Å². The Bertz CT molecular complexity index is 1030. The van der Waals surface area contributed by atoms with Crippen molar-refractivity contribution >= 4 is 35.2 Å². The molecule has 0 saturated heterocycles. The summed E-state index contributed by atoms with van der Waals surface area (Å²) < 4.78 is 54.6. The SMILES string of the molecule is COc1cc(C=CC(=O)N(C)CC(=O)Nc2ccc(Cl)c(C(F)(F)F)c2)cc(OC)c1OC. The maximum Gasteiger partial charge on any atom is 0.417 e. The van der Waals surface area contributed by atoms with E-state index in [2.05, 4.69) is 5.32 Å². The molecule has 7 nitrogen and oxygen atoms in total. The number of benzene rings is 2. The number of carbonyl (C=O) groups excluding carboxylic acids is 2. The van der Waals surface area contributed by atoms with Crippen molar-refractivity contribution in [2.75, 3.05) is 40.2 Å². The van der Waals surface area contributed by atoms with Gasteiger partial charge in [0.25, 0.3) is 0 Å². The van der Waals surface area contributed by atoms with E-state index in [0.717, 1.165) is 17.0 Å². The number of likely N-dealkylation sites (N-methyl/N-ethyl adjacent to an activating group) is 1. The average molecular weight is 487 g/mol. The Labute approximate surface area is 193 Å². The van der Waals surface area contributed by atoms with Crippen LogP contribution in [-0.2, 0) is 15.8 Å². The van der Waals surface area contributed by atoms with Crippen LogP contribution in [0.5, 0.6) is 17.2 Å². The molecule has 0 aliphatic heterocycles. The molecule has 2 aromatic rings. The van der Waals surface area contributed by atoms with Gasteiger partial charge in [-0.05, 0) is 42.0 Å². The molecule has 0 heterocycles. The van der Waals surface area contributed by atoms with Crippen LogP contribution in [0.1, 0.15) is 11.1 Å². The molecule has 33 heavy (non-hydrogen) atoms. The number of hydrogen-bond acceptors (Lipinski definition) is 5. The predicted octanol–water partition coefficient (Wildman–Crippen LogP) is 4.49. The molecule has 2 amide bonds. The molecule has 0 aromatic heterocycles. The molecule has 0 bridgehead atoms. The lowest BCUT2D eigenvalue weighted by Gasteiger charge is -2.16. The van der Waals surface area contributed by atoms with Crippen molar-refractivity contribution in [1.29, 1.82) is 0 Å². The number of halogens is 4. The van der Waals surface area contributed by atoms with Gasteiger partial charge in [0, 0.05) is 18.8 Å². The fourth-order valence-corrected chi connectivity index (χ4v) is 3.03. The van der Waals surface area contributed by atoms with Gasteiger partial charge in [0.05, 0.1) is 38.5 Å². The summed E-state index contributed by atoms with van der Waals surface area (Å²) in [5.74, 6) is 0.0114. The number of anilines is 1. The van der Waals surface area contributed by atoms with Gasteiger partial charge in [0.1, 0.15) is 0 Å². The van der Waals surface area contributed by atoms with Gasteiger partial charge >= 0.3 is 6.18 Å². The summed E-state index contributed by atoms with van der Waals surface area (Å²) >= 11 is 5.57. The zero-order chi connectivity index (χ0) is 24.8. The van der Waals surface area contributed by atoms with Gasteiger partial charge in [-0.1, -0.05) is 11.6 Å². The minimum atomic E-state index is -4.66. The first-order valence-electron chi connectivity index (χ1n) is 9.40. The first-order valence-corrected chi connectivity index (χ1v) is 9.77. The van der Waals surface area contributed by atoms with E-state index in [1.807, 2.05) is 0 Å². The summed E-state index contributed by atoms with van der Waals surface area (Å²) in [5.41, 5.74) is -0.582. The Morgan fingerprint density at radius 3 is 2.18 bits per heavy atom. The van der Waals surface area contributed by atoms with E-state index in [0.29, 0.717) is 22.8 Å². The van der Waals surface area contributed by atoms with E-state index in [9.17, 15) is 22.8 Å². The highest BCUT2D eigenvalue weighted by Gasteiger charge is 2.33. The summed E-state index contributed by atoms with van der Waals surface area (Å²) in [4.78, 5) is 25.7. The second kappa shape index (κ2) is 11.0. The summed E-state index contributed by atoms with van der Waals surface area (Å²) in [6.07, 6.45) is -1.93. The van der Waals surface area contributed by atoms with Gasteiger partial charge in [0.15, 0.2) is 11.5 Å². The van der Waals surface area contributed by atoms with Crippen LogP contribution in [-0.4, -0.2) is 51.6 Å². The van der Waals surface area contributed by atoms with E-state index in [1.165, 1.54) is 46.6 Å². The van der Waals surface area contributed by atoms with E-state index in [1.54, 1.807) is 12.1 Å². The Balaban J connectivity index is 2.06. The van der Waals surface area contributed by atoms with Crippen molar-refractivity contribution < 1.29 is 37.0 Å². The lowest BCUT2D eigenvalue weighted by molar-refractivity contribution is -0.137. The minimum absolute atomic E-state index is 0.0921. The smallest absolute Gasteiger partial charge is 0.417 e. The topological polar surface area (TPSA) is 77.1 Å². The first kappa shape index (κ1) is 25.9. The molecular weight excluding hydrogens is 465 g/mol. The summed E-state index contributed by atoms with van der Waals surface area (Å²) in [6.45, 7) is -0.387. The van der Waals surface area contributed by atoms with Gasteiger partial charge in [0.2, 0.25) is 17.6 Å². The molecule has 178 valence electrons. The minimum Gasteiger partial charge on any atom is -0.493 e. The third-order valence-corrected chi connectivity index (χ3v) is 4.75. The van der Waals surface area contributed by atoms with Crippen molar-refractivity contribution in [2.24, 2.45) is 0 Å². The standard InChI is InChI=1S/C22H22ClF3N2O5/c1-28(12-19(29)27-14-6-7-16(23)15(11-14)22(24,25)26)20(30)8-5-13-9-17(31-2)21(33-4)18(10-13)32-3/h5-11H,12H2,1-4H3,(H,27,29). The second-order valence-electron chi connectivity index (χ2n) is 6.73. The van der Waals surface area contributed by atoms with E-state index in [4.69, 9.17) is 25.8 Å². The van der Waals surface area contributed by atoms with Gasteiger partial charge in [-0.3, -0.25) is 9.59 Å². The average Bonchev–Trinajstić information content (AvgIpc) is 2.76. The molecule has 0 unspecified atom stereocenters. The highest BCUT2D eigenvalue weighted by molar-refractivity contribution is 6.31. The zero-order valence-corrected chi connectivity index (χ0v) is 19.0. The number of carbonyl (C=O) groups is 2. The van der Waals surface area contributed by atoms with Crippen LogP contribution in [0.25, 0.3) is 6.08 Å². The van der Waals surface area contributed by atoms with E-state index < -0.39 is 28.6 Å². The lowest BCUT2D eigenvalue weighted by atomic mass is 10.1. The maximum absolute atomic E-state index is 13.0. The van der Waals surface area contributed by atoms with E-state index in [-0.39, 0.29) is 12.2 Å². The van der Waals surface area contributed by atoms with Gasteiger partial charge < -0.3 is 24.4 Å². The number of hydrogen-bond donors (Lipinski definition) is 1. The maximum atomic E-state index is 13.0. The Morgan fingerprint density at radius 2 is 1.67 bits per heavy atom. The normalized spacial score (nSPS) is 11.3. The third-order valence-electron chi connectivity index (χ3n) is 4.42. The molecule has 2 rings (SSSR count). The largest absolute Gasteiger partial charge is 0.493 e. The monoisotopic (exact) mass is 486 g/mol. The fourth-order valence-electron chi connectivity index (χ4n) is 2.81. The summed E-state index contributed by atoms with van der Waals surface area (Å²) in [5, 5.41) is 1.84. The fraction of sp³-hybridized carbons (Fsp3) is 0.273. The van der Waals surface area contributed by atoms with Crippen LogP contribution in [0.4, 0.5) is 18.9 Å². The molecule has 0 aliphatic rings. The van der Waals surface area contributed by atoms with Crippen LogP contribution in [0.15, 0.2) is 36.4 Å². The Kier molecular flexibility index (Phi) is 8.58. The number of methoxy groups -OCH3 is 3. The molecule has 0 atom stereocenters. The predicted molar refractivity (Wildman–Crippen MR) is 118 cm³/mol. The van der Waals surface area contributed by atoms with Crippen LogP contribution < -0.4 is 19.5 Å². The van der Waals surface area contributed by atoms with Crippen LogP contribution in [0.2, 0.25) is 5.02 Å². The van der Waals surface area contributed by atoms with Crippen LogP contribution in [0.3, 0.4) is 0 Å². The molecule has 1 N–H and O–H groups in total. The molecule has 0 saturated carbocycles. The molecule has 11 heteroatoms. The van der Waals surface area contributed by atoms with Gasteiger partial charge in [-0.15, -0.1) is 0 Å². The van der Waals surface area contributed by atoms with Gasteiger partial charge in [-0.2, -0.15) is 13.2 Å². The summed E-state index contributed by atoms with van der Waals surface area (Å²) in [7, 11) is 5.76. The van der Waals surface area contributed by atoms with Crippen molar-refractivity contribution in [3.8, 4) is 17.2 Å². The lowest BCUT2D eigenvalue weighted by Crippen LogP contribution is -2.33. The Hall–Kier alpha value is -3.40. The molecule has 2 aromatic carbocycles. The van der Waals surface area contributed by atoms with Gasteiger partial charge in [-0.25, -0.2) is 0 Å². The van der Waals surface area contributed by atoms with Crippen molar-refractivity contribution in [3.05, 3.63) is 52.6 Å². The van der Waals surface area contributed by atoms with Crippen LogP contribution in [0, 0.1) is 0 Å². The van der Waals surface area contributed by atoms with Crippen molar-refractivity contribution in [3.63, 3.8) is 0 Å². The number of amides is 2. The Morgan fingerprint density at radius 1 is 1.06 bits per heavy atom. The van der Waals surface area contributed by atoms with Crippen molar-refractivity contribution in [1.82, 2.24) is 4.90 Å². The van der Waals surface area contributed by atoms with E-state index >= 15 is 0 Å². The number of alkyl halides is 3. The first-order chi connectivity index (χ1) is 15.5. The molecular formula is C22H22ClF3N2O5. The molecule has 0 spiro atoms. The molecule has 0 aliphatic carbocycles. The number of nitrogens with zero attached hydrogens (tertiary/aromatic N) is 1. The quantitative estimate of drug-likeness (QED) is 0.556. The number of ether oxygens (including phenoxy) is 3. The highest BCUT2D eigenvalue weighted by Crippen LogP contribution is 2.38. The summed E-state index contributed by atoms with van der Waals surface area (Å²) in [6, 6.07) is 6.27. The van der Waals surface area contributed by atoms with Crippen LogP contribution >= 0.6 is 11.6 Å². The number of nitrogens with one attached hydrogen (secondary N) is 1. The molecule has 0 radical (unpaired) electrons. The third kappa shape index (κ3) is 6.79. The zero-order valence-electron chi connectivity index (χ0n) is 18.2. The molecule has 0 fully saturated rings.